The second kappa shape index (κ2) is 5.81. The van der Waals surface area contributed by atoms with E-state index in [1.807, 2.05) is 6.92 Å². The van der Waals surface area contributed by atoms with Gasteiger partial charge in [0.25, 0.3) is 0 Å². The van der Waals surface area contributed by atoms with E-state index in [4.69, 9.17) is 5.11 Å². The molecule has 3 unspecified atom stereocenters. The maximum absolute atomic E-state index is 11.7. The summed E-state index contributed by atoms with van der Waals surface area (Å²) in [5, 5.41) is 17.4. The number of rotatable bonds is 4. The summed E-state index contributed by atoms with van der Waals surface area (Å²) in [5.74, 6) is -0.241. The van der Waals surface area contributed by atoms with Crippen molar-refractivity contribution in [1.29, 1.82) is 0 Å². The van der Waals surface area contributed by atoms with Gasteiger partial charge >= 0.3 is 0 Å². The van der Waals surface area contributed by atoms with Gasteiger partial charge in [0.05, 0.1) is 12.6 Å². The normalized spacial score (nSPS) is 24.4. The number of aliphatic hydroxyl groups excluding tert-OH is 1. The third-order valence-corrected chi connectivity index (χ3v) is 2.41. The van der Waals surface area contributed by atoms with Crippen LogP contribution in [-0.4, -0.2) is 48.2 Å². The lowest BCUT2D eigenvalue weighted by Crippen LogP contribution is -2.59. The van der Waals surface area contributed by atoms with E-state index in [0.717, 1.165) is 0 Å². The van der Waals surface area contributed by atoms with E-state index in [0.29, 0.717) is 13.0 Å². The first-order valence-electron chi connectivity index (χ1n) is 5.47. The van der Waals surface area contributed by atoms with Crippen LogP contribution in [0.1, 0.15) is 20.3 Å². The molecule has 1 aliphatic rings. The molecule has 0 aromatic rings. The highest BCUT2D eigenvalue weighted by Gasteiger charge is 2.24. The molecule has 1 saturated heterocycles. The SMILES string of the molecule is CC(O)CC(C)NC(=O)C1CNC(=O)CN1. The fraction of sp³-hybridized carbons (Fsp3) is 0.800. The molecular formula is C10H19N3O3. The number of nitrogens with one attached hydrogen (secondary N) is 3. The number of carbonyl (C=O) groups is 2. The van der Waals surface area contributed by atoms with E-state index in [2.05, 4.69) is 16.0 Å². The van der Waals surface area contributed by atoms with Gasteiger partial charge in [0.2, 0.25) is 11.8 Å². The lowest BCUT2D eigenvalue weighted by atomic mass is 10.1. The standard InChI is InChI=1S/C10H19N3O3/c1-6(3-7(2)14)13-10(16)8-4-12-9(15)5-11-8/h6-8,11,14H,3-5H2,1-2H3,(H,12,15)(H,13,16). The van der Waals surface area contributed by atoms with Crippen LogP contribution in [0.5, 0.6) is 0 Å². The van der Waals surface area contributed by atoms with Crippen molar-refractivity contribution in [3.05, 3.63) is 0 Å². The third-order valence-electron chi connectivity index (χ3n) is 2.41. The number of carbonyl (C=O) groups excluding carboxylic acids is 2. The number of piperazine rings is 1. The summed E-state index contributed by atoms with van der Waals surface area (Å²) in [4.78, 5) is 22.6. The van der Waals surface area contributed by atoms with Crippen molar-refractivity contribution in [3.63, 3.8) is 0 Å². The molecule has 0 bridgehead atoms. The predicted octanol–water partition coefficient (Wildman–Crippen LogP) is -1.65. The Labute approximate surface area is 94.8 Å². The van der Waals surface area contributed by atoms with Gasteiger partial charge < -0.3 is 15.7 Å². The van der Waals surface area contributed by atoms with Crippen LogP contribution in [-0.2, 0) is 9.59 Å². The molecule has 0 aliphatic carbocycles. The van der Waals surface area contributed by atoms with E-state index >= 15 is 0 Å². The lowest BCUT2D eigenvalue weighted by Gasteiger charge is -2.25. The Hall–Kier alpha value is -1.14. The first-order chi connectivity index (χ1) is 7.49. The van der Waals surface area contributed by atoms with Crippen LogP contribution in [0.15, 0.2) is 0 Å². The molecule has 0 radical (unpaired) electrons. The summed E-state index contributed by atoms with van der Waals surface area (Å²) in [6.07, 6.45) is 0.0829. The smallest absolute Gasteiger partial charge is 0.239 e. The third kappa shape index (κ3) is 4.16. The van der Waals surface area contributed by atoms with Gasteiger partial charge in [-0.3, -0.25) is 14.9 Å². The summed E-state index contributed by atoms with van der Waals surface area (Å²) in [6.45, 7) is 4.00. The van der Waals surface area contributed by atoms with Crippen molar-refractivity contribution in [2.75, 3.05) is 13.1 Å². The van der Waals surface area contributed by atoms with Crippen LogP contribution in [0.25, 0.3) is 0 Å². The molecule has 6 nitrogen and oxygen atoms in total. The molecule has 1 fully saturated rings. The molecule has 0 aromatic heterocycles. The number of hydrogen-bond donors (Lipinski definition) is 4. The average Bonchev–Trinajstić information content (AvgIpc) is 2.16. The minimum atomic E-state index is -0.436. The van der Waals surface area contributed by atoms with E-state index in [1.54, 1.807) is 6.92 Å². The number of aliphatic hydroxyl groups is 1. The second-order valence-corrected chi connectivity index (χ2v) is 4.23. The minimum absolute atomic E-state index is 0.0769. The Balaban J connectivity index is 2.31. The first-order valence-corrected chi connectivity index (χ1v) is 5.47. The maximum atomic E-state index is 11.7. The Kier molecular flexibility index (Phi) is 4.70. The maximum Gasteiger partial charge on any atom is 0.239 e. The van der Waals surface area contributed by atoms with Crippen LogP contribution >= 0.6 is 0 Å². The fourth-order valence-electron chi connectivity index (χ4n) is 1.67. The van der Waals surface area contributed by atoms with Gasteiger partial charge in [-0.1, -0.05) is 0 Å². The Morgan fingerprint density at radius 3 is 2.81 bits per heavy atom. The molecular weight excluding hydrogens is 210 g/mol. The zero-order valence-corrected chi connectivity index (χ0v) is 9.62. The zero-order valence-electron chi connectivity index (χ0n) is 9.62. The quantitative estimate of drug-likeness (QED) is 0.465. The Morgan fingerprint density at radius 2 is 2.31 bits per heavy atom. The molecule has 1 rings (SSSR count). The molecule has 2 amide bonds. The highest BCUT2D eigenvalue weighted by molar-refractivity contribution is 5.86. The van der Waals surface area contributed by atoms with Crippen LogP contribution in [0, 0.1) is 0 Å². The molecule has 92 valence electrons. The van der Waals surface area contributed by atoms with Gasteiger partial charge in [0.1, 0.15) is 6.04 Å². The predicted molar refractivity (Wildman–Crippen MR) is 58.7 cm³/mol. The molecule has 1 heterocycles. The van der Waals surface area contributed by atoms with Crippen molar-refractivity contribution in [2.45, 2.75) is 38.5 Å². The van der Waals surface area contributed by atoms with E-state index in [-0.39, 0.29) is 30.4 Å². The minimum Gasteiger partial charge on any atom is -0.393 e. The summed E-state index contributed by atoms with van der Waals surface area (Å²) in [6, 6.07) is -0.457. The zero-order chi connectivity index (χ0) is 12.1. The van der Waals surface area contributed by atoms with Crippen molar-refractivity contribution in [1.82, 2.24) is 16.0 Å². The summed E-state index contributed by atoms with van der Waals surface area (Å²) < 4.78 is 0. The van der Waals surface area contributed by atoms with Crippen molar-refractivity contribution in [2.24, 2.45) is 0 Å². The largest absolute Gasteiger partial charge is 0.393 e. The van der Waals surface area contributed by atoms with Gasteiger partial charge in [-0.25, -0.2) is 0 Å². The van der Waals surface area contributed by atoms with E-state index in [1.165, 1.54) is 0 Å². The van der Waals surface area contributed by atoms with Crippen LogP contribution < -0.4 is 16.0 Å². The fourth-order valence-corrected chi connectivity index (χ4v) is 1.67. The van der Waals surface area contributed by atoms with E-state index in [9.17, 15) is 9.59 Å². The molecule has 0 spiro atoms. The highest BCUT2D eigenvalue weighted by atomic mass is 16.3. The Morgan fingerprint density at radius 1 is 1.62 bits per heavy atom. The highest BCUT2D eigenvalue weighted by Crippen LogP contribution is 1.98. The van der Waals surface area contributed by atoms with Gasteiger partial charge in [-0.15, -0.1) is 0 Å². The topological polar surface area (TPSA) is 90.5 Å². The number of hydrogen-bond acceptors (Lipinski definition) is 4. The summed E-state index contributed by atoms with van der Waals surface area (Å²) >= 11 is 0. The van der Waals surface area contributed by atoms with Gasteiger partial charge in [-0.05, 0) is 20.3 Å². The molecule has 6 heteroatoms. The molecule has 0 aromatic carbocycles. The summed E-state index contributed by atoms with van der Waals surface area (Å²) in [5.41, 5.74) is 0. The van der Waals surface area contributed by atoms with Crippen LogP contribution in [0.3, 0.4) is 0 Å². The van der Waals surface area contributed by atoms with Gasteiger partial charge in [0, 0.05) is 12.6 Å². The van der Waals surface area contributed by atoms with Gasteiger partial charge in [0.15, 0.2) is 0 Å². The first kappa shape index (κ1) is 12.9. The van der Waals surface area contributed by atoms with Crippen LogP contribution in [0.4, 0.5) is 0 Å². The van der Waals surface area contributed by atoms with Crippen molar-refractivity contribution >= 4 is 11.8 Å². The monoisotopic (exact) mass is 229 g/mol. The van der Waals surface area contributed by atoms with Crippen molar-refractivity contribution < 1.29 is 14.7 Å². The van der Waals surface area contributed by atoms with Crippen molar-refractivity contribution in [3.8, 4) is 0 Å². The van der Waals surface area contributed by atoms with E-state index < -0.39 is 6.10 Å². The Bertz CT molecular complexity index is 258. The summed E-state index contributed by atoms with van der Waals surface area (Å²) in [7, 11) is 0. The van der Waals surface area contributed by atoms with Crippen LogP contribution in [0.2, 0.25) is 0 Å². The molecule has 3 atom stereocenters. The molecule has 0 saturated carbocycles. The second-order valence-electron chi connectivity index (χ2n) is 4.23. The van der Waals surface area contributed by atoms with Gasteiger partial charge in [-0.2, -0.15) is 0 Å². The number of amides is 2. The molecule has 16 heavy (non-hydrogen) atoms. The lowest BCUT2D eigenvalue weighted by molar-refractivity contribution is -0.127. The average molecular weight is 229 g/mol. The molecule has 1 aliphatic heterocycles. The molecule has 4 N–H and O–H groups in total.